The molecule has 0 bridgehead atoms. The molecule has 0 fully saturated rings. The van der Waals surface area contributed by atoms with Crippen LogP contribution < -0.4 is 4.74 Å². The van der Waals surface area contributed by atoms with Gasteiger partial charge < -0.3 is 18.3 Å². The van der Waals surface area contributed by atoms with E-state index in [0.717, 1.165) is 11.3 Å². The Morgan fingerprint density at radius 2 is 1.34 bits per heavy atom. The molecule has 0 unspecified atom stereocenters. The fraction of sp³-hybridized carbons (Fsp3) is 0.774. The number of carbonyl (C=O) groups is 1. The predicted molar refractivity (Wildman–Crippen MR) is 165 cm³/mol. The Bertz CT molecular complexity index is 868. The van der Waals surface area contributed by atoms with E-state index in [1.165, 1.54) is 0 Å². The van der Waals surface area contributed by atoms with Gasteiger partial charge in [0, 0.05) is 24.4 Å². The maximum Gasteiger partial charge on any atom is 0.192 e. The van der Waals surface area contributed by atoms with E-state index in [-0.39, 0.29) is 45.8 Å². The largest absolute Gasteiger partial charge is 0.497 e. The number of methoxy groups -OCH3 is 1. The third-order valence-electron chi connectivity index (χ3n) is 9.08. The molecule has 0 saturated carbocycles. The van der Waals surface area contributed by atoms with Crippen LogP contribution in [0, 0.1) is 17.8 Å². The van der Waals surface area contributed by atoms with Gasteiger partial charge in [0.1, 0.15) is 11.5 Å². The summed E-state index contributed by atoms with van der Waals surface area (Å²) in [7, 11) is -2.36. The van der Waals surface area contributed by atoms with Crippen LogP contribution in [0.1, 0.15) is 74.8 Å². The van der Waals surface area contributed by atoms with E-state index in [1.54, 1.807) is 14.0 Å². The molecule has 5 nitrogen and oxygen atoms in total. The summed E-state index contributed by atoms with van der Waals surface area (Å²) in [4.78, 5) is 12.6. The van der Waals surface area contributed by atoms with E-state index in [0.29, 0.717) is 13.2 Å². The number of Topliss-reactive ketones (excluding diaryl/α,β-unsaturated/α-hetero) is 1. The maximum absolute atomic E-state index is 12.6. The number of hydrogen-bond donors (Lipinski definition) is 0. The lowest BCUT2D eigenvalue weighted by atomic mass is 9.83. The molecule has 0 N–H and O–H groups in total. The van der Waals surface area contributed by atoms with Gasteiger partial charge >= 0.3 is 0 Å². The monoisotopic (exact) mass is 566 g/mol. The number of ketones is 1. The lowest BCUT2D eigenvalue weighted by Gasteiger charge is -2.45. The lowest BCUT2D eigenvalue weighted by Crippen LogP contribution is -2.52. The van der Waals surface area contributed by atoms with Gasteiger partial charge in [-0.15, -0.1) is 0 Å². The number of ether oxygens (including phenoxy) is 2. The molecule has 1 aromatic carbocycles. The molecule has 7 heteroatoms. The second kappa shape index (κ2) is 13.6. The van der Waals surface area contributed by atoms with Crippen molar-refractivity contribution in [3.63, 3.8) is 0 Å². The quantitative estimate of drug-likeness (QED) is 0.211. The minimum atomic E-state index is -2.11. The highest BCUT2D eigenvalue weighted by Gasteiger charge is 2.45. The van der Waals surface area contributed by atoms with Gasteiger partial charge in [-0.3, -0.25) is 4.79 Å². The smallest absolute Gasteiger partial charge is 0.192 e. The molecule has 1 rings (SSSR count). The van der Waals surface area contributed by atoms with Gasteiger partial charge in [-0.1, -0.05) is 74.4 Å². The van der Waals surface area contributed by atoms with Crippen LogP contribution in [-0.2, 0) is 25.0 Å². The van der Waals surface area contributed by atoms with Crippen LogP contribution in [0.25, 0.3) is 0 Å². The highest BCUT2D eigenvalue weighted by molar-refractivity contribution is 6.74. The molecule has 0 aromatic heterocycles. The van der Waals surface area contributed by atoms with Crippen molar-refractivity contribution in [3.05, 3.63) is 29.8 Å². The molecule has 0 radical (unpaired) electrons. The SMILES string of the molecule is COc1ccc(CO[C@@H]([C@H](C)[C@@H](O[Si](C)(C)C(C)(C)C)[C@@H](C)CO[Si](C)(C)C(C)(C)C)[C@@H](C)C(C)=O)cc1. The normalized spacial score (nSPS) is 17.4. The van der Waals surface area contributed by atoms with E-state index < -0.39 is 16.6 Å². The van der Waals surface area contributed by atoms with Crippen LogP contribution in [0.5, 0.6) is 5.75 Å². The molecule has 5 atom stereocenters. The van der Waals surface area contributed by atoms with E-state index in [9.17, 15) is 4.79 Å². The minimum absolute atomic E-state index is 0.000658. The fourth-order valence-electron chi connectivity index (χ4n) is 3.99. The van der Waals surface area contributed by atoms with Crippen LogP contribution in [0.4, 0.5) is 0 Å². The minimum Gasteiger partial charge on any atom is -0.497 e. The fourth-order valence-corrected chi connectivity index (χ4v) is 6.59. The van der Waals surface area contributed by atoms with Gasteiger partial charge in [-0.05, 0) is 60.9 Å². The summed E-state index contributed by atoms with van der Waals surface area (Å²) in [6, 6.07) is 7.90. The Balaban J connectivity index is 3.32. The molecule has 0 amide bonds. The Hall–Kier alpha value is -0.996. The van der Waals surface area contributed by atoms with Gasteiger partial charge in [-0.25, -0.2) is 0 Å². The van der Waals surface area contributed by atoms with Crippen molar-refractivity contribution in [2.45, 2.75) is 124 Å². The van der Waals surface area contributed by atoms with Crippen molar-refractivity contribution in [2.75, 3.05) is 13.7 Å². The molecular weight excluding hydrogens is 509 g/mol. The highest BCUT2D eigenvalue weighted by Crippen LogP contribution is 2.41. The Labute approximate surface area is 236 Å². The average Bonchev–Trinajstić information content (AvgIpc) is 2.79. The van der Waals surface area contributed by atoms with Crippen molar-refractivity contribution >= 4 is 22.4 Å². The summed E-state index contributed by atoms with van der Waals surface area (Å²) in [6.45, 7) is 32.0. The van der Waals surface area contributed by atoms with E-state index >= 15 is 0 Å². The summed E-state index contributed by atoms with van der Waals surface area (Å²) >= 11 is 0. The van der Waals surface area contributed by atoms with Gasteiger partial charge in [-0.2, -0.15) is 0 Å². The Morgan fingerprint density at radius 3 is 1.76 bits per heavy atom. The van der Waals surface area contributed by atoms with Gasteiger partial charge in [0.15, 0.2) is 16.6 Å². The van der Waals surface area contributed by atoms with Crippen LogP contribution in [0.2, 0.25) is 36.3 Å². The highest BCUT2D eigenvalue weighted by atomic mass is 28.4. The molecular formula is C31H58O5Si2. The first-order chi connectivity index (χ1) is 17.1. The van der Waals surface area contributed by atoms with Crippen LogP contribution >= 0.6 is 0 Å². The second-order valence-electron chi connectivity index (χ2n) is 14.3. The predicted octanol–water partition coefficient (Wildman–Crippen LogP) is 8.49. The lowest BCUT2D eigenvalue weighted by molar-refractivity contribution is -0.131. The number of hydrogen-bond acceptors (Lipinski definition) is 5. The standard InChI is InChI=1S/C31H58O5Si2/c1-22(20-35-37(12,13)30(5,6)7)28(36-38(14,15)31(8,9)10)24(3)29(23(2)25(4)32)34-21-26-16-18-27(33-11)19-17-26/h16-19,22-24,28-29H,20-21H2,1-15H3/t22-,23-,24+,28-,29+/m0/s1. The van der Waals surface area contributed by atoms with E-state index in [1.807, 2.05) is 31.2 Å². The van der Waals surface area contributed by atoms with Crippen molar-refractivity contribution in [3.8, 4) is 5.75 Å². The molecule has 0 spiro atoms. The summed E-state index contributed by atoms with van der Waals surface area (Å²) in [6.07, 6.45) is -0.372. The first kappa shape index (κ1) is 35.0. The van der Waals surface area contributed by atoms with E-state index in [4.69, 9.17) is 18.3 Å². The van der Waals surface area contributed by atoms with Crippen molar-refractivity contribution in [2.24, 2.45) is 17.8 Å². The van der Waals surface area contributed by atoms with Gasteiger partial charge in [0.2, 0.25) is 0 Å². The van der Waals surface area contributed by atoms with Crippen LogP contribution in [0.3, 0.4) is 0 Å². The Morgan fingerprint density at radius 1 is 0.842 bits per heavy atom. The average molecular weight is 567 g/mol. The van der Waals surface area contributed by atoms with Crippen molar-refractivity contribution in [1.29, 1.82) is 0 Å². The molecule has 1 aromatic rings. The van der Waals surface area contributed by atoms with Crippen LogP contribution in [0.15, 0.2) is 24.3 Å². The molecule has 0 heterocycles. The van der Waals surface area contributed by atoms with Gasteiger partial charge in [0.25, 0.3) is 0 Å². The number of benzene rings is 1. The summed E-state index contributed by atoms with van der Waals surface area (Å²) in [5.41, 5.74) is 1.05. The zero-order valence-corrected chi connectivity index (χ0v) is 29.2. The van der Waals surface area contributed by atoms with E-state index in [2.05, 4.69) is 81.6 Å². The molecule has 0 aliphatic heterocycles. The molecule has 220 valence electrons. The number of carbonyl (C=O) groups excluding carboxylic acids is 1. The zero-order valence-electron chi connectivity index (χ0n) is 27.2. The van der Waals surface area contributed by atoms with Crippen molar-refractivity contribution in [1.82, 2.24) is 0 Å². The van der Waals surface area contributed by atoms with Crippen LogP contribution in [-0.4, -0.2) is 48.3 Å². The molecule has 0 aliphatic carbocycles. The van der Waals surface area contributed by atoms with Crippen molar-refractivity contribution < 1.29 is 23.1 Å². The first-order valence-electron chi connectivity index (χ1n) is 14.2. The third kappa shape index (κ3) is 9.58. The third-order valence-corrected chi connectivity index (χ3v) is 18.1. The molecule has 0 saturated heterocycles. The zero-order chi connectivity index (χ0) is 29.7. The molecule has 0 aliphatic rings. The molecule has 38 heavy (non-hydrogen) atoms. The Kier molecular flexibility index (Phi) is 12.5. The summed E-state index contributed by atoms with van der Waals surface area (Å²) in [5, 5.41) is 0.206. The second-order valence-corrected chi connectivity index (χ2v) is 23.8. The summed E-state index contributed by atoms with van der Waals surface area (Å²) in [5.74, 6) is 0.850. The number of rotatable bonds is 14. The van der Waals surface area contributed by atoms with Gasteiger partial charge in [0.05, 0.1) is 25.9 Å². The summed E-state index contributed by atoms with van der Waals surface area (Å²) < 4.78 is 25.7. The topological polar surface area (TPSA) is 54.0 Å². The first-order valence-corrected chi connectivity index (χ1v) is 20.0. The maximum atomic E-state index is 12.6.